The van der Waals surface area contributed by atoms with Crippen LogP contribution in [0.15, 0.2) is 11.6 Å². The van der Waals surface area contributed by atoms with Gasteiger partial charge in [0.25, 0.3) is 0 Å². The molecule has 0 aromatic carbocycles. The fourth-order valence-electron chi connectivity index (χ4n) is 2.41. The minimum atomic E-state index is -1.71. The van der Waals surface area contributed by atoms with Crippen molar-refractivity contribution < 1.29 is 9.22 Å². The molecule has 0 amide bonds. The SMILES string of the molecule is C[Si](C)(C)OC(=O)C1=CC2CCC1C2. The third kappa shape index (κ3) is 1.92. The molecular formula is C11H18O2Si. The molecule has 0 aromatic heterocycles. The molecule has 0 aromatic rings. The Morgan fingerprint density at radius 2 is 2.14 bits per heavy atom. The summed E-state index contributed by atoms with van der Waals surface area (Å²) in [4.78, 5) is 11.8. The van der Waals surface area contributed by atoms with E-state index in [0.29, 0.717) is 11.8 Å². The molecule has 0 aliphatic heterocycles. The normalized spacial score (nSPS) is 30.4. The molecule has 1 saturated carbocycles. The van der Waals surface area contributed by atoms with E-state index in [-0.39, 0.29) is 5.97 Å². The van der Waals surface area contributed by atoms with Gasteiger partial charge in [0, 0.05) is 5.57 Å². The first kappa shape index (κ1) is 9.96. The van der Waals surface area contributed by atoms with Gasteiger partial charge in [-0.25, -0.2) is 4.79 Å². The Labute approximate surface area is 86.5 Å². The van der Waals surface area contributed by atoms with Gasteiger partial charge < -0.3 is 4.43 Å². The number of rotatable bonds is 2. The second kappa shape index (κ2) is 3.23. The molecular weight excluding hydrogens is 192 g/mol. The second-order valence-corrected chi connectivity index (χ2v) is 9.82. The molecule has 2 bridgehead atoms. The first-order valence-electron chi connectivity index (χ1n) is 5.41. The molecule has 3 heteroatoms. The lowest BCUT2D eigenvalue weighted by molar-refractivity contribution is -0.131. The van der Waals surface area contributed by atoms with Crippen molar-refractivity contribution in [2.24, 2.45) is 11.8 Å². The summed E-state index contributed by atoms with van der Waals surface area (Å²) in [6, 6.07) is 0. The van der Waals surface area contributed by atoms with Gasteiger partial charge in [-0.05, 0) is 50.7 Å². The summed E-state index contributed by atoms with van der Waals surface area (Å²) in [5.74, 6) is 1.16. The second-order valence-electron chi connectivity index (χ2n) is 5.39. The smallest absolute Gasteiger partial charge is 0.320 e. The van der Waals surface area contributed by atoms with E-state index in [1.165, 1.54) is 19.3 Å². The van der Waals surface area contributed by atoms with Crippen LogP contribution >= 0.6 is 0 Å². The van der Waals surface area contributed by atoms with E-state index in [0.717, 1.165) is 5.57 Å². The highest BCUT2D eigenvalue weighted by Crippen LogP contribution is 2.44. The van der Waals surface area contributed by atoms with Gasteiger partial charge in [-0.15, -0.1) is 0 Å². The summed E-state index contributed by atoms with van der Waals surface area (Å²) in [5.41, 5.74) is 0.976. The molecule has 2 unspecified atom stereocenters. The van der Waals surface area contributed by atoms with E-state index in [9.17, 15) is 4.79 Å². The van der Waals surface area contributed by atoms with Crippen LogP contribution in [0.25, 0.3) is 0 Å². The van der Waals surface area contributed by atoms with Crippen molar-refractivity contribution in [3.05, 3.63) is 11.6 Å². The Morgan fingerprint density at radius 3 is 2.57 bits per heavy atom. The number of allylic oxidation sites excluding steroid dienone is 1. The zero-order chi connectivity index (χ0) is 10.3. The molecule has 0 spiro atoms. The van der Waals surface area contributed by atoms with Gasteiger partial charge in [-0.2, -0.15) is 0 Å². The van der Waals surface area contributed by atoms with Crippen LogP contribution in [0.2, 0.25) is 19.6 Å². The molecule has 2 aliphatic rings. The standard InChI is InChI=1S/C11H18O2Si/c1-14(2,3)13-11(12)10-7-8-4-5-9(10)6-8/h7-9H,4-6H2,1-3H3. The summed E-state index contributed by atoms with van der Waals surface area (Å²) >= 11 is 0. The maximum absolute atomic E-state index is 11.8. The van der Waals surface area contributed by atoms with Crippen molar-refractivity contribution in [1.82, 2.24) is 0 Å². The maximum Gasteiger partial charge on any atom is 0.320 e. The summed E-state index contributed by atoms with van der Waals surface area (Å²) < 4.78 is 5.51. The van der Waals surface area contributed by atoms with Gasteiger partial charge in [0.05, 0.1) is 0 Å². The Balaban J connectivity index is 2.03. The van der Waals surface area contributed by atoms with Crippen LogP contribution in [0.1, 0.15) is 19.3 Å². The fraction of sp³-hybridized carbons (Fsp3) is 0.727. The van der Waals surface area contributed by atoms with Crippen molar-refractivity contribution in [1.29, 1.82) is 0 Å². The average Bonchev–Trinajstić information content (AvgIpc) is 2.59. The van der Waals surface area contributed by atoms with Crippen molar-refractivity contribution in [2.75, 3.05) is 0 Å². The number of hydrogen-bond donors (Lipinski definition) is 0. The fourth-order valence-corrected chi connectivity index (χ4v) is 3.09. The zero-order valence-corrected chi connectivity index (χ0v) is 10.2. The van der Waals surface area contributed by atoms with Crippen molar-refractivity contribution >= 4 is 14.3 Å². The van der Waals surface area contributed by atoms with Gasteiger partial charge >= 0.3 is 5.97 Å². The molecule has 14 heavy (non-hydrogen) atoms. The molecule has 0 radical (unpaired) electrons. The molecule has 0 heterocycles. The van der Waals surface area contributed by atoms with Crippen molar-refractivity contribution in [3.8, 4) is 0 Å². The number of fused-ring (bicyclic) bond motifs is 2. The van der Waals surface area contributed by atoms with Crippen LogP contribution in [0, 0.1) is 11.8 Å². The van der Waals surface area contributed by atoms with E-state index >= 15 is 0 Å². The maximum atomic E-state index is 11.8. The average molecular weight is 210 g/mol. The highest BCUT2D eigenvalue weighted by Gasteiger charge is 2.37. The van der Waals surface area contributed by atoms with E-state index in [1.54, 1.807) is 0 Å². The van der Waals surface area contributed by atoms with E-state index < -0.39 is 8.32 Å². The van der Waals surface area contributed by atoms with E-state index in [4.69, 9.17) is 4.43 Å². The third-order valence-corrected chi connectivity index (χ3v) is 3.76. The first-order valence-corrected chi connectivity index (χ1v) is 8.81. The van der Waals surface area contributed by atoms with Crippen molar-refractivity contribution in [2.45, 2.75) is 38.9 Å². The minimum Gasteiger partial charge on any atom is -0.517 e. The molecule has 2 atom stereocenters. The lowest BCUT2D eigenvalue weighted by Gasteiger charge is -2.20. The molecule has 1 fully saturated rings. The van der Waals surface area contributed by atoms with Crippen molar-refractivity contribution in [3.63, 3.8) is 0 Å². The summed E-state index contributed by atoms with van der Waals surface area (Å²) in [7, 11) is -1.71. The molecule has 0 saturated heterocycles. The largest absolute Gasteiger partial charge is 0.517 e. The zero-order valence-electron chi connectivity index (χ0n) is 9.17. The molecule has 2 aliphatic carbocycles. The van der Waals surface area contributed by atoms with Crippen LogP contribution < -0.4 is 0 Å². The van der Waals surface area contributed by atoms with Gasteiger partial charge in [-0.1, -0.05) is 6.08 Å². The molecule has 2 rings (SSSR count). The Hall–Kier alpha value is -0.573. The Kier molecular flexibility index (Phi) is 2.30. The highest BCUT2D eigenvalue weighted by atomic mass is 28.4. The molecule has 2 nitrogen and oxygen atoms in total. The van der Waals surface area contributed by atoms with Crippen LogP contribution in [-0.4, -0.2) is 14.3 Å². The van der Waals surface area contributed by atoms with Crippen LogP contribution in [0.4, 0.5) is 0 Å². The molecule has 78 valence electrons. The number of carbonyl (C=O) groups is 1. The van der Waals surface area contributed by atoms with Gasteiger partial charge in [-0.3, -0.25) is 0 Å². The van der Waals surface area contributed by atoms with Gasteiger partial charge in [0.1, 0.15) is 0 Å². The van der Waals surface area contributed by atoms with Crippen LogP contribution in [0.3, 0.4) is 0 Å². The van der Waals surface area contributed by atoms with E-state index in [2.05, 4.69) is 25.7 Å². The first-order chi connectivity index (χ1) is 6.46. The third-order valence-electron chi connectivity index (χ3n) is 2.96. The monoisotopic (exact) mass is 210 g/mol. The number of carbonyl (C=O) groups excluding carboxylic acids is 1. The van der Waals surface area contributed by atoms with Crippen LogP contribution in [-0.2, 0) is 9.22 Å². The lowest BCUT2D eigenvalue weighted by atomic mass is 9.99. The summed E-state index contributed by atoms with van der Waals surface area (Å²) in [6.07, 6.45) is 5.80. The highest BCUT2D eigenvalue weighted by molar-refractivity contribution is 6.71. The van der Waals surface area contributed by atoms with Crippen LogP contribution in [0.5, 0.6) is 0 Å². The lowest BCUT2D eigenvalue weighted by Crippen LogP contribution is -2.30. The quantitative estimate of drug-likeness (QED) is 0.655. The predicted octanol–water partition coefficient (Wildman–Crippen LogP) is 2.72. The number of hydrogen-bond acceptors (Lipinski definition) is 2. The topological polar surface area (TPSA) is 26.3 Å². The predicted molar refractivity (Wildman–Crippen MR) is 58.4 cm³/mol. The minimum absolute atomic E-state index is 0.0311. The Bertz CT molecular complexity index is 288. The Morgan fingerprint density at radius 1 is 1.43 bits per heavy atom. The van der Waals surface area contributed by atoms with Gasteiger partial charge in [0.15, 0.2) is 0 Å². The summed E-state index contributed by atoms with van der Waals surface area (Å²) in [6.45, 7) is 6.16. The van der Waals surface area contributed by atoms with Gasteiger partial charge in [0.2, 0.25) is 8.32 Å². The molecule has 0 N–H and O–H groups in total. The van der Waals surface area contributed by atoms with E-state index in [1.807, 2.05) is 0 Å². The summed E-state index contributed by atoms with van der Waals surface area (Å²) in [5, 5.41) is 0.